The number of hydrogen-bond donors (Lipinski definition) is 3. The van der Waals surface area contributed by atoms with E-state index in [9.17, 15) is 0 Å². The van der Waals surface area contributed by atoms with Gasteiger partial charge in [0.1, 0.15) is 0 Å². The van der Waals surface area contributed by atoms with Crippen LogP contribution in [0.2, 0.25) is 0 Å². The van der Waals surface area contributed by atoms with E-state index < -0.39 is 16.6 Å². The van der Waals surface area contributed by atoms with Crippen molar-refractivity contribution in [3.8, 4) is 0 Å². The van der Waals surface area contributed by atoms with Gasteiger partial charge in [0.15, 0.2) is 0 Å². The number of nitrogens with two attached hydrogens (primary N) is 3. The quantitative estimate of drug-likeness (QED) is 0.593. The molecular weight excluding hydrogens is 306 g/mol. The van der Waals surface area contributed by atoms with Crippen LogP contribution in [0.1, 0.15) is 39.3 Å². The van der Waals surface area contributed by atoms with Gasteiger partial charge in [-0.1, -0.05) is 72.8 Å². The summed E-state index contributed by atoms with van der Waals surface area (Å²) in [4.78, 5) is 0. The van der Waals surface area contributed by atoms with E-state index in [4.69, 9.17) is 17.2 Å². The van der Waals surface area contributed by atoms with Crippen molar-refractivity contribution < 1.29 is 0 Å². The highest BCUT2D eigenvalue weighted by molar-refractivity contribution is 5.75. The second kappa shape index (κ2) is 3.86. The maximum absolute atomic E-state index is 7.28. The first-order chi connectivity index (χ1) is 12.1. The predicted molar refractivity (Wildman–Crippen MR) is 98.0 cm³/mol. The SMILES string of the molecule is NC12C3c4ccccc4[C@@]1(N)c1ccccc1[C@@]2(N)c1ccccc13. The van der Waals surface area contributed by atoms with E-state index in [2.05, 4.69) is 48.5 Å². The Morgan fingerprint density at radius 3 is 1.32 bits per heavy atom. The number of fused-ring (bicyclic) bond motifs is 9. The van der Waals surface area contributed by atoms with E-state index in [0.717, 1.165) is 22.3 Å². The highest BCUT2D eigenvalue weighted by atomic mass is 15.1. The minimum atomic E-state index is -0.808. The maximum atomic E-state index is 7.28. The topological polar surface area (TPSA) is 78.1 Å². The van der Waals surface area contributed by atoms with Gasteiger partial charge in [0.05, 0.1) is 16.6 Å². The normalized spacial score (nSPS) is 35.9. The van der Waals surface area contributed by atoms with Gasteiger partial charge in [-0.25, -0.2) is 0 Å². The largest absolute Gasteiger partial charge is 0.320 e. The summed E-state index contributed by atoms with van der Waals surface area (Å²) in [6, 6.07) is 25.0. The Labute approximate surface area is 146 Å². The van der Waals surface area contributed by atoms with E-state index >= 15 is 0 Å². The molecule has 3 heteroatoms. The summed E-state index contributed by atoms with van der Waals surface area (Å²) in [6.45, 7) is 0. The molecule has 6 N–H and O–H groups in total. The van der Waals surface area contributed by atoms with Crippen LogP contribution in [0, 0.1) is 0 Å². The highest BCUT2D eigenvalue weighted by Crippen LogP contribution is 2.71. The van der Waals surface area contributed by atoms with Crippen molar-refractivity contribution in [3.63, 3.8) is 0 Å². The third-order valence-electron chi connectivity index (χ3n) is 6.93. The Hall–Kier alpha value is -2.46. The molecule has 25 heavy (non-hydrogen) atoms. The maximum Gasteiger partial charge on any atom is 0.0889 e. The van der Waals surface area contributed by atoms with E-state index in [0.29, 0.717) is 0 Å². The minimum absolute atomic E-state index is 0.00213. The lowest BCUT2D eigenvalue weighted by atomic mass is 9.69. The van der Waals surface area contributed by atoms with E-state index in [1.807, 2.05) is 24.3 Å². The van der Waals surface area contributed by atoms with Crippen molar-refractivity contribution in [2.45, 2.75) is 22.5 Å². The van der Waals surface area contributed by atoms with Gasteiger partial charge in [-0.3, -0.25) is 0 Å². The van der Waals surface area contributed by atoms with Crippen molar-refractivity contribution in [2.75, 3.05) is 0 Å². The first kappa shape index (κ1) is 13.8. The van der Waals surface area contributed by atoms with Crippen molar-refractivity contribution >= 4 is 0 Å². The van der Waals surface area contributed by atoms with Gasteiger partial charge in [-0.05, 0) is 33.4 Å². The lowest BCUT2D eigenvalue weighted by molar-refractivity contribution is 0.218. The smallest absolute Gasteiger partial charge is 0.0889 e. The Morgan fingerprint density at radius 2 is 0.880 bits per heavy atom. The van der Waals surface area contributed by atoms with Gasteiger partial charge in [0, 0.05) is 5.92 Å². The molecule has 4 atom stereocenters. The molecule has 0 aliphatic heterocycles. The number of hydrogen-bond acceptors (Lipinski definition) is 3. The van der Waals surface area contributed by atoms with Crippen LogP contribution >= 0.6 is 0 Å². The zero-order chi connectivity index (χ0) is 17.0. The molecule has 0 saturated heterocycles. The monoisotopic (exact) mass is 325 g/mol. The average Bonchev–Trinajstić information content (AvgIpc) is 3.07. The van der Waals surface area contributed by atoms with E-state index in [1.165, 1.54) is 11.1 Å². The zero-order valence-electron chi connectivity index (χ0n) is 13.7. The van der Waals surface area contributed by atoms with Crippen LogP contribution in [0.4, 0.5) is 0 Å². The fourth-order valence-electron chi connectivity index (χ4n) is 5.99. The Balaban J connectivity index is 1.89. The van der Waals surface area contributed by atoms with Crippen LogP contribution in [-0.4, -0.2) is 5.54 Å². The summed E-state index contributed by atoms with van der Waals surface area (Å²) in [5.41, 5.74) is 26.0. The molecular formula is C22H19N3. The second-order valence-corrected chi connectivity index (χ2v) is 7.64. The van der Waals surface area contributed by atoms with Crippen LogP contribution in [-0.2, 0) is 11.1 Å². The van der Waals surface area contributed by atoms with Crippen LogP contribution < -0.4 is 17.2 Å². The molecule has 0 saturated carbocycles. The van der Waals surface area contributed by atoms with Gasteiger partial charge in [0.25, 0.3) is 0 Å². The van der Waals surface area contributed by atoms with Gasteiger partial charge < -0.3 is 17.2 Å². The van der Waals surface area contributed by atoms with Crippen LogP contribution in [0.5, 0.6) is 0 Å². The predicted octanol–water partition coefficient (Wildman–Crippen LogP) is 2.26. The molecule has 2 unspecified atom stereocenters. The molecule has 3 aliphatic rings. The standard InChI is InChI=1S/C22H19N3/c23-20-15-9-3-1-7-13(15)19-14-8-2-4-10-16(14)21(24,22(19,20)25)18-12-6-5-11-17(18)20/h1-12,19H,23-25H2/t19?,20-,21+,22?. The molecule has 0 aromatic heterocycles. The average molecular weight is 325 g/mol. The summed E-state index contributed by atoms with van der Waals surface area (Å²) in [5.74, 6) is 0.00213. The lowest BCUT2D eigenvalue weighted by Gasteiger charge is -2.43. The Kier molecular flexibility index (Phi) is 2.13. The van der Waals surface area contributed by atoms with Crippen LogP contribution in [0.15, 0.2) is 72.8 Å². The van der Waals surface area contributed by atoms with E-state index in [1.54, 1.807) is 0 Å². The third kappa shape index (κ3) is 1.10. The summed E-state index contributed by atoms with van der Waals surface area (Å²) in [5, 5.41) is 0. The molecule has 3 nitrogen and oxygen atoms in total. The van der Waals surface area contributed by atoms with Crippen molar-refractivity contribution in [2.24, 2.45) is 17.2 Å². The molecule has 0 heterocycles. The number of rotatable bonds is 0. The summed E-state index contributed by atoms with van der Waals surface area (Å²) in [7, 11) is 0. The molecule has 0 fully saturated rings. The van der Waals surface area contributed by atoms with Gasteiger partial charge in [-0.15, -0.1) is 0 Å². The highest BCUT2D eigenvalue weighted by Gasteiger charge is 2.77. The lowest BCUT2D eigenvalue weighted by Crippen LogP contribution is -2.69. The summed E-state index contributed by atoms with van der Waals surface area (Å²) in [6.07, 6.45) is 0. The first-order valence-electron chi connectivity index (χ1n) is 8.71. The molecule has 3 aromatic carbocycles. The number of benzene rings is 3. The van der Waals surface area contributed by atoms with Crippen molar-refractivity contribution in [1.29, 1.82) is 0 Å². The Morgan fingerprint density at radius 1 is 0.520 bits per heavy atom. The second-order valence-electron chi connectivity index (χ2n) is 7.64. The van der Waals surface area contributed by atoms with Crippen molar-refractivity contribution in [3.05, 3.63) is 106 Å². The van der Waals surface area contributed by atoms with Gasteiger partial charge in [-0.2, -0.15) is 0 Å². The van der Waals surface area contributed by atoms with Crippen LogP contribution in [0.25, 0.3) is 0 Å². The van der Waals surface area contributed by atoms with Gasteiger partial charge >= 0.3 is 0 Å². The fraction of sp³-hybridized carbons (Fsp3) is 0.182. The van der Waals surface area contributed by atoms with Crippen LogP contribution in [0.3, 0.4) is 0 Å². The molecule has 0 amide bonds. The first-order valence-corrected chi connectivity index (χ1v) is 8.71. The fourth-order valence-corrected chi connectivity index (χ4v) is 5.99. The zero-order valence-corrected chi connectivity index (χ0v) is 13.7. The molecule has 6 rings (SSSR count). The van der Waals surface area contributed by atoms with Crippen molar-refractivity contribution in [1.82, 2.24) is 0 Å². The van der Waals surface area contributed by atoms with Gasteiger partial charge in [0.2, 0.25) is 0 Å². The molecule has 122 valence electrons. The molecule has 0 spiro atoms. The molecule has 3 aliphatic carbocycles. The molecule has 0 bridgehead atoms. The summed E-state index contributed by atoms with van der Waals surface area (Å²) < 4.78 is 0. The van der Waals surface area contributed by atoms with E-state index in [-0.39, 0.29) is 5.92 Å². The third-order valence-corrected chi connectivity index (χ3v) is 6.93. The summed E-state index contributed by atoms with van der Waals surface area (Å²) >= 11 is 0. The molecule has 0 radical (unpaired) electrons. The Bertz CT molecular complexity index is 992. The molecule has 3 aromatic rings. The minimum Gasteiger partial charge on any atom is -0.320 e.